The van der Waals surface area contributed by atoms with Crippen LogP contribution in [0.3, 0.4) is 0 Å². The van der Waals surface area contributed by atoms with Crippen LogP contribution in [0.25, 0.3) is 0 Å². The van der Waals surface area contributed by atoms with Crippen molar-refractivity contribution in [2.75, 3.05) is 32.1 Å². The average molecular weight is 959 g/mol. The molecule has 8 rings (SSSR count). The summed E-state index contributed by atoms with van der Waals surface area (Å²) in [6.45, 7) is 18.6. The van der Waals surface area contributed by atoms with Gasteiger partial charge in [0.15, 0.2) is 11.2 Å². The molecule has 4 N–H and O–H groups in total. The van der Waals surface area contributed by atoms with Crippen LogP contribution in [0.1, 0.15) is 121 Å². The number of urea groups is 1. The molecular formula is C49H67BN6O11S. The van der Waals surface area contributed by atoms with E-state index >= 15 is 4.79 Å². The van der Waals surface area contributed by atoms with Gasteiger partial charge in [0.05, 0.1) is 30.4 Å². The maximum absolute atomic E-state index is 15.0. The van der Waals surface area contributed by atoms with E-state index in [1.54, 1.807) is 64.0 Å². The fourth-order valence-corrected chi connectivity index (χ4v) is 10.7. The molecule has 6 atom stereocenters. The number of ether oxygens (including phenoxy) is 4. The lowest BCUT2D eigenvalue weighted by Gasteiger charge is -2.64. The molecule has 17 nitrogen and oxygen atoms in total. The summed E-state index contributed by atoms with van der Waals surface area (Å²) in [6, 6.07) is 12.6. The van der Waals surface area contributed by atoms with Crippen molar-refractivity contribution >= 4 is 53.7 Å². The normalized spacial score (nSPS) is 22.9. The molecule has 3 heterocycles. The second-order valence-corrected chi connectivity index (χ2v) is 22.0. The van der Waals surface area contributed by atoms with Crippen molar-refractivity contribution < 1.29 is 52.2 Å². The number of likely N-dealkylation sites (tertiary alicyclic amines) is 1. The van der Waals surface area contributed by atoms with E-state index in [9.17, 15) is 19.2 Å². The van der Waals surface area contributed by atoms with Crippen molar-refractivity contribution in [2.24, 2.45) is 23.2 Å². The summed E-state index contributed by atoms with van der Waals surface area (Å²) in [7, 11) is 0.557. The number of esters is 1. The van der Waals surface area contributed by atoms with Gasteiger partial charge < -0.3 is 49.1 Å². The fraction of sp³-hybridized carbons (Fsp3) is 0.592. The number of alkyl carbamates (subject to hydrolysis) is 1. The molecule has 3 aliphatic carbocycles. The number of benzene rings is 2. The Bertz CT molecular complexity index is 2310. The number of aromatic nitrogens is 1. The Morgan fingerprint density at radius 3 is 2.28 bits per heavy atom. The summed E-state index contributed by atoms with van der Waals surface area (Å²) in [4.78, 5) is 74.1. The van der Waals surface area contributed by atoms with Gasteiger partial charge in [0.25, 0.3) is 0 Å². The topological polar surface area (TPSA) is 205 Å². The molecule has 19 heteroatoms. The first kappa shape index (κ1) is 50.5. The fourth-order valence-electron chi connectivity index (χ4n) is 9.96. The van der Waals surface area contributed by atoms with E-state index < -0.39 is 66.0 Å². The van der Waals surface area contributed by atoms with Gasteiger partial charge in [-0.05, 0) is 121 Å². The number of para-hydroxylation sites is 1. The number of piperidine rings is 1. The highest BCUT2D eigenvalue weighted by Crippen LogP contribution is 2.65. The Balaban J connectivity index is 1.14. The molecule has 68 heavy (non-hydrogen) atoms. The van der Waals surface area contributed by atoms with Gasteiger partial charge in [-0.25, -0.2) is 24.2 Å². The molecule has 1 aromatic heterocycles. The summed E-state index contributed by atoms with van der Waals surface area (Å²) < 4.78 is 36.1. The van der Waals surface area contributed by atoms with Crippen molar-refractivity contribution in [3.63, 3.8) is 0 Å². The number of carbonyl (C=O) groups is 5. The first-order valence-corrected chi connectivity index (χ1v) is 24.4. The number of nitrogens with zero attached hydrogens (tertiary/aromatic N) is 2. The third-order valence-electron chi connectivity index (χ3n) is 13.6. The SMILES string of the molecule is COc1c(C[C@H](NC(=O)C(NC(=O)N2CCC(CNC(=O)OC(C)(C)C)CC2)c2csc(NC(=O)OCc3ccccc3)n2)B2OC3CC4CC(C4(C)C)[C@]3(C)O2)cccc1C(=O)OC(C)(C)C. The minimum Gasteiger partial charge on any atom is -0.496 e. The number of methoxy groups -OCH3 is 1. The highest BCUT2D eigenvalue weighted by Gasteiger charge is 2.68. The number of carbonyl (C=O) groups excluding carboxylic acids is 5. The number of hydrogen-bond donors (Lipinski definition) is 4. The van der Waals surface area contributed by atoms with Crippen LogP contribution in [-0.4, -0.2) is 103 Å². The predicted octanol–water partition coefficient (Wildman–Crippen LogP) is 7.84. The Labute approximate surface area is 403 Å². The van der Waals surface area contributed by atoms with Crippen LogP contribution in [0.4, 0.5) is 19.5 Å². The van der Waals surface area contributed by atoms with E-state index in [-0.39, 0.29) is 58.5 Å². The summed E-state index contributed by atoms with van der Waals surface area (Å²) >= 11 is 1.07. The molecule has 3 aromatic rings. The number of rotatable bonds is 14. The quantitative estimate of drug-likeness (QED) is 0.0693. The number of hydrogen-bond acceptors (Lipinski definition) is 13. The van der Waals surface area contributed by atoms with E-state index in [0.29, 0.717) is 44.0 Å². The number of amides is 5. The highest BCUT2D eigenvalue weighted by molar-refractivity contribution is 7.13. The van der Waals surface area contributed by atoms with E-state index in [1.165, 1.54) is 7.11 Å². The van der Waals surface area contributed by atoms with E-state index in [1.807, 2.05) is 36.4 Å². The van der Waals surface area contributed by atoms with Crippen molar-refractivity contribution in [3.8, 4) is 5.75 Å². The summed E-state index contributed by atoms with van der Waals surface area (Å²) in [5.41, 5.74) is -0.163. The second-order valence-electron chi connectivity index (χ2n) is 21.1. The molecule has 3 saturated carbocycles. The van der Waals surface area contributed by atoms with Crippen molar-refractivity contribution in [2.45, 2.75) is 136 Å². The van der Waals surface area contributed by atoms with Crippen molar-refractivity contribution in [1.29, 1.82) is 0 Å². The lowest BCUT2D eigenvalue weighted by molar-refractivity contribution is -0.199. The molecule has 2 aliphatic heterocycles. The first-order chi connectivity index (χ1) is 32.0. The number of anilines is 1. The summed E-state index contributed by atoms with van der Waals surface area (Å²) in [5, 5.41) is 13.3. The van der Waals surface area contributed by atoms with Crippen LogP contribution in [0.15, 0.2) is 53.9 Å². The third kappa shape index (κ3) is 11.9. The maximum Gasteiger partial charge on any atom is 0.482 e. The predicted molar refractivity (Wildman–Crippen MR) is 256 cm³/mol. The molecule has 2 aromatic carbocycles. The van der Waals surface area contributed by atoms with Crippen LogP contribution < -0.4 is 26.0 Å². The van der Waals surface area contributed by atoms with Gasteiger partial charge in [-0.3, -0.25) is 10.1 Å². The van der Waals surface area contributed by atoms with E-state index in [4.69, 9.17) is 28.3 Å². The lowest BCUT2D eigenvalue weighted by atomic mass is 9.43. The molecule has 0 spiro atoms. The lowest BCUT2D eigenvalue weighted by Crippen LogP contribution is -2.65. The van der Waals surface area contributed by atoms with Crippen LogP contribution in [0.2, 0.25) is 0 Å². The van der Waals surface area contributed by atoms with Gasteiger partial charge in [0, 0.05) is 25.0 Å². The standard InChI is InChI=1S/C49H67BN6O11S/c1-46(2,3)64-41(58)33-18-14-17-31(39(33)62-10)23-37(50-66-36-25-32-24-35(48(32,7)8)49(36,9)67-50)53-40(57)38(34-28-68-42(52-34)55-45(61)63-27-30-15-12-11-13-16-30)54-43(59)56-21-19-29(20-22-56)26-51-44(60)65-47(4,5)6/h11-18,28-29,32,35-38H,19-27H2,1-10H3,(H,51,60)(H,53,57)(H,54,59)(H,52,55,61)/t32?,35?,36?,37-,38?,49-/m0/s1. The Morgan fingerprint density at radius 2 is 1.62 bits per heavy atom. The van der Waals surface area contributed by atoms with Crippen LogP contribution in [0, 0.1) is 23.2 Å². The van der Waals surface area contributed by atoms with Gasteiger partial charge >= 0.3 is 31.3 Å². The zero-order valence-corrected chi connectivity index (χ0v) is 41.7. The summed E-state index contributed by atoms with van der Waals surface area (Å²) in [5.74, 6) is -0.925. The van der Waals surface area contributed by atoms with E-state index in [0.717, 1.165) is 29.7 Å². The molecule has 4 unspecified atom stereocenters. The van der Waals surface area contributed by atoms with Crippen LogP contribution in [0.5, 0.6) is 5.75 Å². The summed E-state index contributed by atoms with van der Waals surface area (Å²) in [6.07, 6.45) is 1.70. The van der Waals surface area contributed by atoms with Gasteiger partial charge in [0.2, 0.25) is 5.91 Å². The van der Waals surface area contributed by atoms with Gasteiger partial charge in [-0.2, -0.15) is 0 Å². The largest absolute Gasteiger partial charge is 0.496 e. The Hall–Kier alpha value is -5.40. The molecular weight excluding hydrogens is 891 g/mol. The second kappa shape index (κ2) is 20.3. The van der Waals surface area contributed by atoms with Gasteiger partial charge in [-0.15, -0.1) is 11.3 Å². The molecule has 5 fully saturated rings. The molecule has 5 aliphatic rings. The third-order valence-corrected chi connectivity index (χ3v) is 14.4. The zero-order valence-electron chi connectivity index (χ0n) is 40.9. The molecule has 2 saturated heterocycles. The average Bonchev–Trinajstić information content (AvgIpc) is 3.89. The molecule has 0 radical (unpaired) electrons. The molecule has 5 amide bonds. The minimum absolute atomic E-state index is 0.0384. The number of nitrogens with one attached hydrogen (secondary N) is 4. The Morgan fingerprint density at radius 1 is 0.912 bits per heavy atom. The molecule has 2 bridgehead atoms. The Kier molecular flexibility index (Phi) is 15.1. The number of thiazole rings is 1. The van der Waals surface area contributed by atoms with Crippen molar-refractivity contribution in [3.05, 3.63) is 76.3 Å². The maximum atomic E-state index is 15.0. The smallest absolute Gasteiger partial charge is 0.482 e. The van der Waals surface area contributed by atoms with Crippen LogP contribution >= 0.6 is 11.3 Å². The van der Waals surface area contributed by atoms with E-state index in [2.05, 4.69) is 47.0 Å². The van der Waals surface area contributed by atoms with Gasteiger partial charge in [0.1, 0.15) is 29.1 Å². The highest BCUT2D eigenvalue weighted by atomic mass is 32.1. The monoisotopic (exact) mass is 958 g/mol. The molecule has 368 valence electrons. The minimum atomic E-state index is -1.34. The van der Waals surface area contributed by atoms with Gasteiger partial charge in [-0.1, -0.05) is 56.3 Å². The van der Waals surface area contributed by atoms with Crippen LogP contribution in [-0.2, 0) is 41.3 Å². The first-order valence-electron chi connectivity index (χ1n) is 23.5. The zero-order chi connectivity index (χ0) is 49.2. The van der Waals surface area contributed by atoms with Crippen molar-refractivity contribution in [1.82, 2.24) is 25.8 Å².